The van der Waals surface area contributed by atoms with Gasteiger partial charge in [0.25, 0.3) is 0 Å². The fraction of sp³-hybridized carbons (Fsp3) is 0.263. The van der Waals surface area contributed by atoms with E-state index in [-0.39, 0.29) is 18.1 Å². The number of hydrogen-bond donors (Lipinski definition) is 0. The highest BCUT2D eigenvalue weighted by Crippen LogP contribution is 2.23. The molecule has 0 N–H and O–H groups in total. The average Bonchev–Trinajstić information content (AvgIpc) is 2.53. The minimum atomic E-state index is -0.390. The maximum Gasteiger partial charge on any atom is 0.164 e. The van der Waals surface area contributed by atoms with Crippen LogP contribution in [0.1, 0.15) is 53.6 Å². The maximum atomic E-state index is 12.2. The van der Waals surface area contributed by atoms with Gasteiger partial charge in [0.15, 0.2) is 5.78 Å². The van der Waals surface area contributed by atoms with Gasteiger partial charge in [-0.3, -0.25) is 4.79 Å². The monoisotopic (exact) mass is 277 g/mol. The van der Waals surface area contributed by atoms with Crippen LogP contribution in [-0.2, 0) is 0 Å². The summed E-state index contributed by atoms with van der Waals surface area (Å²) >= 11 is 0. The number of carbonyl (C=O) groups excluding carboxylic acids is 1. The van der Waals surface area contributed by atoms with Crippen molar-refractivity contribution in [3.8, 4) is 6.07 Å². The Bertz CT molecular complexity index is 636. The molecule has 0 aromatic heterocycles. The quantitative estimate of drug-likeness (QED) is 0.744. The lowest BCUT2D eigenvalue weighted by Gasteiger charge is -2.11. The topological polar surface area (TPSA) is 40.9 Å². The van der Waals surface area contributed by atoms with E-state index in [0.29, 0.717) is 11.5 Å². The lowest BCUT2D eigenvalue weighted by Crippen LogP contribution is -2.06. The summed E-state index contributed by atoms with van der Waals surface area (Å²) in [5.41, 5.74) is 2.81. The Hall–Kier alpha value is -2.40. The normalized spacial score (nSPS) is 11.9. The third kappa shape index (κ3) is 3.79. The molecule has 2 rings (SSSR count). The molecule has 0 radical (unpaired) electrons. The molecular formula is C19H19NO. The molecule has 2 aromatic rings. The minimum Gasteiger partial charge on any atom is -0.294 e. The average molecular weight is 277 g/mol. The Labute approximate surface area is 126 Å². The third-order valence-electron chi connectivity index (χ3n) is 3.65. The van der Waals surface area contributed by atoms with Crippen molar-refractivity contribution < 1.29 is 4.79 Å². The summed E-state index contributed by atoms with van der Waals surface area (Å²) in [6.45, 7) is 4.27. The largest absolute Gasteiger partial charge is 0.294 e. The molecule has 0 aliphatic rings. The number of hydrogen-bond acceptors (Lipinski definition) is 2. The second-order valence-electron chi connectivity index (χ2n) is 5.50. The van der Waals surface area contributed by atoms with E-state index < -0.39 is 0 Å². The third-order valence-corrected chi connectivity index (χ3v) is 3.65. The number of rotatable bonds is 5. The SMILES string of the molecule is CC(C)c1ccc(C(C#N)CC(=O)c2ccccc2)cc1. The number of nitriles is 1. The highest BCUT2D eigenvalue weighted by molar-refractivity contribution is 5.96. The molecule has 2 nitrogen and oxygen atoms in total. The zero-order valence-corrected chi connectivity index (χ0v) is 12.4. The van der Waals surface area contributed by atoms with Crippen molar-refractivity contribution in [3.63, 3.8) is 0 Å². The van der Waals surface area contributed by atoms with E-state index >= 15 is 0 Å². The van der Waals surface area contributed by atoms with E-state index in [2.05, 4.69) is 19.9 Å². The van der Waals surface area contributed by atoms with E-state index in [1.807, 2.05) is 42.5 Å². The van der Waals surface area contributed by atoms with Gasteiger partial charge >= 0.3 is 0 Å². The van der Waals surface area contributed by atoms with E-state index in [4.69, 9.17) is 0 Å². The van der Waals surface area contributed by atoms with Crippen molar-refractivity contribution in [1.29, 1.82) is 5.26 Å². The molecule has 0 saturated heterocycles. The highest BCUT2D eigenvalue weighted by atomic mass is 16.1. The lowest BCUT2D eigenvalue weighted by molar-refractivity contribution is 0.0979. The zero-order chi connectivity index (χ0) is 15.2. The molecule has 1 atom stereocenters. The van der Waals surface area contributed by atoms with Crippen molar-refractivity contribution in [2.24, 2.45) is 0 Å². The summed E-state index contributed by atoms with van der Waals surface area (Å²) in [5.74, 6) is 0.0829. The molecule has 0 amide bonds. The van der Waals surface area contributed by atoms with Crippen LogP contribution in [0, 0.1) is 11.3 Å². The second-order valence-corrected chi connectivity index (χ2v) is 5.50. The summed E-state index contributed by atoms with van der Waals surface area (Å²) in [7, 11) is 0. The fourth-order valence-electron chi connectivity index (χ4n) is 2.28. The van der Waals surface area contributed by atoms with Crippen LogP contribution in [0.15, 0.2) is 54.6 Å². The predicted octanol–water partition coefficient (Wildman–Crippen LogP) is 4.69. The number of carbonyl (C=O) groups is 1. The van der Waals surface area contributed by atoms with E-state index in [9.17, 15) is 10.1 Å². The van der Waals surface area contributed by atoms with Gasteiger partial charge in [-0.05, 0) is 17.0 Å². The second kappa shape index (κ2) is 6.85. The van der Waals surface area contributed by atoms with Crippen LogP contribution < -0.4 is 0 Å². The molecule has 0 aliphatic carbocycles. The van der Waals surface area contributed by atoms with E-state index in [0.717, 1.165) is 5.56 Å². The first-order valence-electron chi connectivity index (χ1n) is 7.19. The van der Waals surface area contributed by atoms with Crippen LogP contribution in [0.3, 0.4) is 0 Å². The Kier molecular flexibility index (Phi) is 4.90. The van der Waals surface area contributed by atoms with Crippen molar-refractivity contribution in [1.82, 2.24) is 0 Å². The Morgan fingerprint density at radius 1 is 1.00 bits per heavy atom. The highest BCUT2D eigenvalue weighted by Gasteiger charge is 2.16. The lowest BCUT2D eigenvalue weighted by atomic mass is 9.91. The molecule has 0 spiro atoms. The van der Waals surface area contributed by atoms with Gasteiger partial charge in [0, 0.05) is 12.0 Å². The summed E-state index contributed by atoms with van der Waals surface area (Å²) < 4.78 is 0. The van der Waals surface area contributed by atoms with Crippen molar-refractivity contribution >= 4 is 5.78 Å². The van der Waals surface area contributed by atoms with Crippen molar-refractivity contribution in [2.45, 2.75) is 32.1 Å². The number of nitrogens with zero attached hydrogens (tertiary/aromatic N) is 1. The molecule has 1 unspecified atom stereocenters. The van der Waals surface area contributed by atoms with Crippen LogP contribution in [0.2, 0.25) is 0 Å². The molecule has 21 heavy (non-hydrogen) atoms. The van der Waals surface area contributed by atoms with Crippen molar-refractivity contribution in [3.05, 3.63) is 71.3 Å². The van der Waals surface area contributed by atoms with Gasteiger partial charge in [0.05, 0.1) is 12.0 Å². The van der Waals surface area contributed by atoms with Crippen LogP contribution in [0.25, 0.3) is 0 Å². The van der Waals surface area contributed by atoms with Crippen LogP contribution in [-0.4, -0.2) is 5.78 Å². The van der Waals surface area contributed by atoms with Gasteiger partial charge in [0.1, 0.15) is 0 Å². The zero-order valence-electron chi connectivity index (χ0n) is 12.4. The molecule has 0 fully saturated rings. The summed E-state index contributed by atoms with van der Waals surface area (Å²) in [6.07, 6.45) is 0.224. The molecule has 0 saturated carbocycles. The Morgan fingerprint density at radius 3 is 2.10 bits per heavy atom. The predicted molar refractivity (Wildman–Crippen MR) is 84.3 cm³/mol. The standard InChI is InChI=1S/C19H19NO/c1-14(2)15-8-10-16(11-9-15)18(13-20)12-19(21)17-6-4-3-5-7-17/h3-11,14,18H,12H2,1-2H3. The minimum absolute atomic E-state index is 0.00934. The van der Waals surface area contributed by atoms with Gasteiger partial charge in [-0.2, -0.15) is 5.26 Å². The first kappa shape index (κ1) is 15.0. The molecular weight excluding hydrogens is 258 g/mol. The molecule has 0 heterocycles. The summed E-state index contributed by atoms with van der Waals surface area (Å²) in [5, 5.41) is 9.35. The van der Waals surface area contributed by atoms with E-state index in [1.165, 1.54) is 5.56 Å². The van der Waals surface area contributed by atoms with Crippen LogP contribution in [0.4, 0.5) is 0 Å². The number of ketones is 1. The molecule has 106 valence electrons. The van der Waals surface area contributed by atoms with Gasteiger partial charge in [0.2, 0.25) is 0 Å². The van der Waals surface area contributed by atoms with Crippen LogP contribution in [0.5, 0.6) is 0 Å². The first-order chi connectivity index (χ1) is 10.1. The van der Waals surface area contributed by atoms with Gasteiger partial charge in [-0.15, -0.1) is 0 Å². The fourth-order valence-corrected chi connectivity index (χ4v) is 2.28. The Balaban J connectivity index is 2.13. The van der Waals surface area contributed by atoms with Gasteiger partial charge in [-0.25, -0.2) is 0 Å². The van der Waals surface area contributed by atoms with Gasteiger partial charge < -0.3 is 0 Å². The van der Waals surface area contributed by atoms with Crippen LogP contribution >= 0.6 is 0 Å². The molecule has 2 heteroatoms. The summed E-state index contributed by atoms with van der Waals surface area (Å²) in [4.78, 5) is 12.2. The number of benzene rings is 2. The van der Waals surface area contributed by atoms with Gasteiger partial charge in [-0.1, -0.05) is 68.4 Å². The van der Waals surface area contributed by atoms with Crippen molar-refractivity contribution in [2.75, 3.05) is 0 Å². The maximum absolute atomic E-state index is 12.2. The Morgan fingerprint density at radius 2 is 1.57 bits per heavy atom. The smallest absolute Gasteiger partial charge is 0.164 e. The molecule has 0 aliphatic heterocycles. The first-order valence-corrected chi connectivity index (χ1v) is 7.19. The number of Topliss-reactive ketones (excluding diaryl/α,β-unsaturated/α-hetero) is 1. The molecule has 0 bridgehead atoms. The molecule has 2 aromatic carbocycles. The van der Waals surface area contributed by atoms with E-state index in [1.54, 1.807) is 12.1 Å². The summed E-state index contributed by atoms with van der Waals surface area (Å²) in [6, 6.07) is 19.4.